The maximum Gasteiger partial charge on any atom is 0.303 e. The van der Waals surface area contributed by atoms with Gasteiger partial charge in [0.15, 0.2) is 24.3 Å². The molecule has 0 aromatic rings. The van der Waals surface area contributed by atoms with Crippen molar-refractivity contribution in [2.75, 3.05) is 6.61 Å². The number of nitrogens with zero attached hydrogens (tertiary/aromatic N) is 4. The van der Waals surface area contributed by atoms with Crippen LogP contribution in [0.1, 0.15) is 6.92 Å². The van der Waals surface area contributed by atoms with E-state index >= 15 is 0 Å². The quantitative estimate of drug-likeness (QED) is 0.595. The number of esters is 1. The second-order valence-electron chi connectivity index (χ2n) is 3.00. The van der Waals surface area contributed by atoms with Crippen LogP contribution in [0.3, 0.4) is 0 Å². The molecule has 0 saturated carbocycles. The lowest BCUT2D eigenvalue weighted by molar-refractivity contribution is -0.139. The number of nitrogens with two attached hydrogens (primary N) is 1. The molecule has 78 valence electrons. The van der Waals surface area contributed by atoms with Crippen LogP contribution in [0.4, 0.5) is 0 Å². The Morgan fingerprint density at radius 3 is 3.13 bits per heavy atom. The molecular formula is C8H9N5O2. The minimum Gasteiger partial charge on any atom is -0.458 e. The van der Waals surface area contributed by atoms with E-state index in [0.29, 0.717) is 17.5 Å². The predicted molar refractivity (Wildman–Crippen MR) is 55.4 cm³/mol. The van der Waals surface area contributed by atoms with Gasteiger partial charge in [-0.2, -0.15) is 0 Å². The van der Waals surface area contributed by atoms with Crippen LogP contribution in [-0.4, -0.2) is 42.5 Å². The van der Waals surface area contributed by atoms with Gasteiger partial charge in [-0.3, -0.25) is 4.79 Å². The minimum atomic E-state index is -0.416. The lowest BCUT2D eigenvalue weighted by Crippen LogP contribution is -2.34. The number of ether oxygens (including phenoxy) is 1. The van der Waals surface area contributed by atoms with Crippen molar-refractivity contribution in [2.24, 2.45) is 25.7 Å². The average molecular weight is 207 g/mol. The van der Waals surface area contributed by atoms with Crippen molar-refractivity contribution in [2.45, 2.75) is 13.0 Å². The van der Waals surface area contributed by atoms with E-state index < -0.39 is 6.04 Å². The first kappa shape index (κ1) is 9.50. The zero-order valence-corrected chi connectivity index (χ0v) is 8.04. The highest BCUT2D eigenvalue weighted by Crippen LogP contribution is 2.10. The standard InChI is InChI=1S/C8H9N5O2/c1-4(14)15-2-5-12-6-7(9)10-3-11-8(6)13-5/h3,6H,2H2,1H3,(H2,9,10,11,12,13). The van der Waals surface area contributed by atoms with Crippen molar-refractivity contribution in [3.05, 3.63) is 0 Å². The summed E-state index contributed by atoms with van der Waals surface area (Å²) in [7, 11) is 0. The summed E-state index contributed by atoms with van der Waals surface area (Å²) in [6.45, 7) is 1.36. The van der Waals surface area contributed by atoms with Crippen molar-refractivity contribution in [1.29, 1.82) is 0 Å². The predicted octanol–water partition coefficient (Wildman–Crippen LogP) is -0.872. The van der Waals surface area contributed by atoms with Crippen LogP contribution in [0.15, 0.2) is 20.0 Å². The lowest BCUT2D eigenvalue weighted by atomic mass is 10.2. The molecule has 1 atom stereocenters. The number of carbonyl (C=O) groups excluding carboxylic acids is 1. The fraction of sp³-hybridized carbons (Fsp3) is 0.375. The first-order valence-corrected chi connectivity index (χ1v) is 4.31. The molecule has 0 aliphatic carbocycles. The summed E-state index contributed by atoms with van der Waals surface area (Å²) >= 11 is 0. The zero-order valence-electron chi connectivity index (χ0n) is 8.04. The zero-order chi connectivity index (χ0) is 10.8. The number of rotatable bonds is 2. The molecule has 2 N–H and O–H groups in total. The molecule has 0 radical (unpaired) electrons. The highest BCUT2D eigenvalue weighted by molar-refractivity contribution is 6.21. The van der Waals surface area contributed by atoms with Crippen LogP contribution in [-0.2, 0) is 9.53 Å². The van der Waals surface area contributed by atoms with Gasteiger partial charge in [-0.05, 0) is 0 Å². The van der Waals surface area contributed by atoms with Gasteiger partial charge in [-0.25, -0.2) is 20.0 Å². The fourth-order valence-electron chi connectivity index (χ4n) is 1.19. The number of hydrogen-bond acceptors (Lipinski definition) is 7. The summed E-state index contributed by atoms with van der Waals surface area (Å²) in [5, 5.41) is 0. The molecule has 7 heteroatoms. The number of aliphatic imine (C=N–C) groups is 4. The Balaban J connectivity index is 2.09. The Hall–Kier alpha value is -2.05. The van der Waals surface area contributed by atoms with Gasteiger partial charge in [-0.1, -0.05) is 0 Å². The molecule has 0 aromatic heterocycles. The van der Waals surface area contributed by atoms with Gasteiger partial charge in [-0.15, -0.1) is 0 Å². The third kappa shape index (κ3) is 1.90. The molecule has 2 aliphatic rings. The summed E-state index contributed by atoms with van der Waals surface area (Å²) in [6.07, 6.45) is 1.33. The van der Waals surface area contributed by atoms with Crippen LogP contribution in [0.25, 0.3) is 0 Å². The first-order valence-electron chi connectivity index (χ1n) is 4.31. The summed E-state index contributed by atoms with van der Waals surface area (Å²) in [5.74, 6) is 0.867. The van der Waals surface area contributed by atoms with E-state index in [1.54, 1.807) is 0 Å². The lowest BCUT2D eigenvalue weighted by Gasteiger charge is -2.08. The second-order valence-corrected chi connectivity index (χ2v) is 3.00. The summed E-state index contributed by atoms with van der Waals surface area (Å²) in [6, 6.07) is -0.416. The fourth-order valence-corrected chi connectivity index (χ4v) is 1.19. The van der Waals surface area contributed by atoms with Gasteiger partial charge < -0.3 is 10.5 Å². The Bertz CT molecular complexity index is 421. The molecule has 7 nitrogen and oxygen atoms in total. The van der Waals surface area contributed by atoms with Crippen LogP contribution in [0.2, 0.25) is 0 Å². The Labute approximate surface area is 85.5 Å². The van der Waals surface area contributed by atoms with Crippen molar-refractivity contribution in [3.8, 4) is 0 Å². The molecule has 2 aliphatic heterocycles. The number of hydrogen-bond donors (Lipinski definition) is 1. The molecule has 2 rings (SSSR count). The maximum absolute atomic E-state index is 10.6. The van der Waals surface area contributed by atoms with E-state index in [9.17, 15) is 4.79 Å². The molecule has 15 heavy (non-hydrogen) atoms. The maximum atomic E-state index is 10.6. The molecule has 0 fully saturated rings. The third-order valence-electron chi connectivity index (χ3n) is 1.85. The molecular weight excluding hydrogens is 198 g/mol. The average Bonchev–Trinajstić information content (AvgIpc) is 2.59. The summed E-state index contributed by atoms with van der Waals surface area (Å²) in [5.41, 5.74) is 5.60. The Morgan fingerprint density at radius 1 is 1.67 bits per heavy atom. The molecule has 0 bridgehead atoms. The third-order valence-corrected chi connectivity index (χ3v) is 1.85. The van der Waals surface area contributed by atoms with Crippen LogP contribution in [0, 0.1) is 0 Å². The molecule has 2 heterocycles. The number of fused-ring (bicyclic) bond motifs is 1. The van der Waals surface area contributed by atoms with Gasteiger partial charge in [0.05, 0.1) is 0 Å². The minimum absolute atomic E-state index is 0.0398. The molecule has 0 saturated heterocycles. The van der Waals surface area contributed by atoms with Gasteiger partial charge in [0.2, 0.25) is 0 Å². The topological polar surface area (TPSA) is 102 Å². The SMILES string of the molecule is CC(=O)OCC1=NC2C(N)=NC=NC2=N1. The molecule has 0 aromatic carbocycles. The molecule has 0 amide bonds. The smallest absolute Gasteiger partial charge is 0.303 e. The highest BCUT2D eigenvalue weighted by Gasteiger charge is 2.27. The second kappa shape index (κ2) is 3.60. The molecule has 1 unspecified atom stereocenters. The van der Waals surface area contributed by atoms with Crippen molar-refractivity contribution in [3.63, 3.8) is 0 Å². The van der Waals surface area contributed by atoms with E-state index in [0.717, 1.165) is 0 Å². The van der Waals surface area contributed by atoms with Crippen molar-refractivity contribution >= 4 is 29.8 Å². The number of amidine groups is 3. The monoisotopic (exact) mass is 207 g/mol. The van der Waals surface area contributed by atoms with E-state index in [1.807, 2.05) is 0 Å². The van der Waals surface area contributed by atoms with Crippen molar-refractivity contribution < 1.29 is 9.53 Å². The summed E-state index contributed by atoms with van der Waals surface area (Å²) < 4.78 is 4.76. The normalized spacial score (nSPS) is 22.7. The van der Waals surface area contributed by atoms with Gasteiger partial charge >= 0.3 is 5.97 Å². The van der Waals surface area contributed by atoms with E-state index in [1.165, 1.54) is 13.3 Å². The van der Waals surface area contributed by atoms with E-state index in [4.69, 9.17) is 10.5 Å². The Morgan fingerprint density at radius 2 is 2.47 bits per heavy atom. The Kier molecular flexibility index (Phi) is 2.28. The van der Waals surface area contributed by atoms with Crippen LogP contribution >= 0.6 is 0 Å². The van der Waals surface area contributed by atoms with Crippen molar-refractivity contribution in [1.82, 2.24) is 0 Å². The van der Waals surface area contributed by atoms with Crippen LogP contribution in [0.5, 0.6) is 0 Å². The van der Waals surface area contributed by atoms with E-state index in [2.05, 4.69) is 20.0 Å². The van der Waals surface area contributed by atoms with E-state index in [-0.39, 0.29) is 12.6 Å². The van der Waals surface area contributed by atoms with Gasteiger partial charge in [0.25, 0.3) is 0 Å². The summed E-state index contributed by atoms with van der Waals surface area (Å²) in [4.78, 5) is 26.5. The largest absolute Gasteiger partial charge is 0.458 e. The highest BCUT2D eigenvalue weighted by atomic mass is 16.5. The first-order chi connectivity index (χ1) is 7.16. The van der Waals surface area contributed by atoms with Gasteiger partial charge in [0.1, 0.15) is 12.2 Å². The van der Waals surface area contributed by atoms with Gasteiger partial charge in [0, 0.05) is 6.92 Å². The number of carbonyl (C=O) groups is 1. The molecule has 0 spiro atoms. The van der Waals surface area contributed by atoms with Crippen LogP contribution < -0.4 is 5.73 Å².